The molecule has 1 N–H and O–H groups in total. The molecular weight excluding hydrogens is 242 g/mol. The second-order valence-corrected chi connectivity index (χ2v) is 4.84. The molecule has 1 saturated heterocycles. The maximum atomic E-state index is 11.9. The van der Waals surface area contributed by atoms with Crippen LogP contribution in [0, 0.1) is 0 Å². The molecule has 1 aromatic carbocycles. The molecule has 2 rings (SSSR count). The van der Waals surface area contributed by atoms with E-state index in [2.05, 4.69) is 11.5 Å². The first-order valence-corrected chi connectivity index (χ1v) is 6.40. The molecule has 0 unspecified atom stereocenters. The second-order valence-electron chi connectivity index (χ2n) is 4.84. The Bertz CT molecular complexity index is 533. The lowest BCUT2D eigenvalue weighted by Crippen LogP contribution is -2.35. The molecule has 0 atom stereocenters. The van der Waals surface area contributed by atoms with Crippen LogP contribution >= 0.6 is 0 Å². The van der Waals surface area contributed by atoms with Gasteiger partial charge in [0.05, 0.1) is 13.2 Å². The molecule has 1 heterocycles. The number of rotatable bonds is 3. The monoisotopic (exact) mass is 261 g/mol. The SMILES string of the molecule is C=C(C)c1ccc(CN2CCOCC2)c(O)c(=O)c1. The van der Waals surface area contributed by atoms with Crippen molar-refractivity contribution in [3.63, 3.8) is 0 Å². The van der Waals surface area contributed by atoms with Crippen molar-refractivity contribution in [2.75, 3.05) is 26.3 Å². The summed E-state index contributed by atoms with van der Waals surface area (Å²) >= 11 is 0. The van der Waals surface area contributed by atoms with Gasteiger partial charge in [0.2, 0.25) is 5.43 Å². The summed E-state index contributed by atoms with van der Waals surface area (Å²) < 4.78 is 5.28. The zero-order valence-electron chi connectivity index (χ0n) is 11.2. The fourth-order valence-electron chi connectivity index (χ4n) is 2.08. The maximum Gasteiger partial charge on any atom is 0.221 e. The molecule has 1 aliphatic rings. The van der Waals surface area contributed by atoms with Gasteiger partial charge in [0, 0.05) is 25.2 Å². The van der Waals surface area contributed by atoms with E-state index >= 15 is 0 Å². The van der Waals surface area contributed by atoms with Crippen LogP contribution < -0.4 is 5.43 Å². The first-order valence-electron chi connectivity index (χ1n) is 6.40. The van der Waals surface area contributed by atoms with E-state index in [0.717, 1.165) is 24.2 Å². The summed E-state index contributed by atoms with van der Waals surface area (Å²) in [6.45, 7) is 9.26. The van der Waals surface area contributed by atoms with Gasteiger partial charge in [-0.1, -0.05) is 24.3 Å². The highest BCUT2D eigenvalue weighted by Gasteiger charge is 2.13. The van der Waals surface area contributed by atoms with Crippen LogP contribution in [0.2, 0.25) is 0 Å². The number of aromatic hydroxyl groups is 1. The van der Waals surface area contributed by atoms with Crippen molar-refractivity contribution >= 4 is 5.57 Å². The van der Waals surface area contributed by atoms with Gasteiger partial charge in [0.25, 0.3) is 0 Å². The van der Waals surface area contributed by atoms with Crippen LogP contribution in [0.25, 0.3) is 5.57 Å². The number of hydrogen-bond acceptors (Lipinski definition) is 4. The highest BCUT2D eigenvalue weighted by Crippen LogP contribution is 2.17. The van der Waals surface area contributed by atoms with Crippen molar-refractivity contribution in [2.24, 2.45) is 0 Å². The molecular formula is C15H19NO3. The van der Waals surface area contributed by atoms with Gasteiger partial charge in [-0.05, 0) is 18.6 Å². The summed E-state index contributed by atoms with van der Waals surface area (Å²) in [5.74, 6) is -0.168. The minimum absolute atomic E-state index is 0.168. The molecule has 0 saturated carbocycles. The zero-order valence-corrected chi connectivity index (χ0v) is 11.2. The fraction of sp³-hybridized carbons (Fsp3) is 0.400. The average Bonchev–Trinajstić information content (AvgIpc) is 2.53. The Hall–Kier alpha value is -1.65. The second kappa shape index (κ2) is 5.99. The summed E-state index contributed by atoms with van der Waals surface area (Å²) in [4.78, 5) is 14.0. The molecule has 4 nitrogen and oxygen atoms in total. The Kier molecular flexibility index (Phi) is 4.35. The Morgan fingerprint density at radius 3 is 2.74 bits per heavy atom. The molecule has 0 bridgehead atoms. The molecule has 19 heavy (non-hydrogen) atoms. The van der Waals surface area contributed by atoms with Crippen LogP contribution in [0.5, 0.6) is 5.75 Å². The Balaban J connectivity index is 2.30. The molecule has 0 radical (unpaired) electrons. The van der Waals surface area contributed by atoms with E-state index in [9.17, 15) is 9.90 Å². The number of allylic oxidation sites excluding steroid dienone is 1. The molecule has 0 aromatic heterocycles. The van der Waals surface area contributed by atoms with E-state index < -0.39 is 0 Å². The van der Waals surface area contributed by atoms with E-state index in [1.54, 1.807) is 6.07 Å². The molecule has 1 aliphatic heterocycles. The predicted molar refractivity (Wildman–Crippen MR) is 75.2 cm³/mol. The van der Waals surface area contributed by atoms with Crippen LogP contribution in [0.3, 0.4) is 0 Å². The Morgan fingerprint density at radius 2 is 2.11 bits per heavy atom. The standard InChI is InChI=1S/C15H19NO3/c1-11(2)12-3-4-13(15(18)14(17)9-12)10-16-5-7-19-8-6-16/h3-4,9H,1,5-8,10H2,2H3,(H,17,18). The van der Waals surface area contributed by atoms with Crippen LogP contribution in [0.4, 0.5) is 0 Å². The quantitative estimate of drug-likeness (QED) is 0.898. The van der Waals surface area contributed by atoms with Crippen LogP contribution in [-0.2, 0) is 11.3 Å². The third-order valence-corrected chi connectivity index (χ3v) is 3.28. The number of morpholine rings is 1. The first kappa shape index (κ1) is 13.8. The largest absolute Gasteiger partial charge is 0.504 e. The number of ether oxygens (including phenoxy) is 1. The first-order chi connectivity index (χ1) is 9.08. The van der Waals surface area contributed by atoms with Crippen molar-refractivity contribution in [3.8, 4) is 5.75 Å². The third-order valence-electron chi connectivity index (χ3n) is 3.28. The predicted octanol–water partition coefficient (Wildman–Crippen LogP) is 1.62. The summed E-state index contributed by atoms with van der Waals surface area (Å²) in [5.41, 5.74) is 1.87. The minimum Gasteiger partial charge on any atom is -0.504 e. The topological polar surface area (TPSA) is 49.8 Å². The van der Waals surface area contributed by atoms with Gasteiger partial charge in [-0.2, -0.15) is 0 Å². The van der Waals surface area contributed by atoms with Gasteiger partial charge >= 0.3 is 0 Å². The van der Waals surface area contributed by atoms with Gasteiger partial charge < -0.3 is 9.84 Å². The summed E-state index contributed by atoms with van der Waals surface area (Å²) in [7, 11) is 0. The molecule has 0 spiro atoms. The highest BCUT2D eigenvalue weighted by molar-refractivity contribution is 5.61. The van der Waals surface area contributed by atoms with Crippen LogP contribution in [0.15, 0.2) is 29.6 Å². The van der Waals surface area contributed by atoms with E-state index in [0.29, 0.717) is 25.3 Å². The van der Waals surface area contributed by atoms with Gasteiger partial charge in [0.1, 0.15) is 0 Å². The van der Waals surface area contributed by atoms with E-state index in [1.165, 1.54) is 6.07 Å². The minimum atomic E-state index is -0.355. The molecule has 4 heteroatoms. The zero-order chi connectivity index (χ0) is 13.8. The summed E-state index contributed by atoms with van der Waals surface area (Å²) in [6.07, 6.45) is 0. The maximum absolute atomic E-state index is 11.9. The van der Waals surface area contributed by atoms with Crippen molar-refractivity contribution in [3.05, 3.63) is 46.1 Å². The molecule has 1 aromatic rings. The molecule has 102 valence electrons. The summed E-state index contributed by atoms with van der Waals surface area (Å²) in [5, 5.41) is 9.99. The lowest BCUT2D eigenvalue weighted by atomic mass is 10.1. The Morgan fingerprint density at radius 1 is 1.42 bits per heavy atom. The molecule has 0 amide bonds. The normalized spacial score (nSPS) is 16.3. The van der Waals surface area contributed by atoms with Gasteiger partial charge in [0.15, 0.2) is 5.75 Å². The van der Waals surface area contributed by atoms with Crippen molar-refractivity contribution < 1.29 is 9.84 Å². The molecule has 0 aliphatic carbocycles. The van der Waals surface area contributed by atoms with Crippen molar-refractivity contribution in [1.29, 1.82) is 0 Å². The van der Waals surface area contributed by atoms with Gasteiger partial charge in [-0.15, -0.1) is 0 Å². The van der Waals surface area contributed by atoms with Crippen LogP contribution in [0.1, 0.15) is 18.1 Å². The Labute approximate surface area is 112 Å². The lowest BCUT2D eigenvalue weighted by molar-refractivity contribution is 0.0339. The number of hydrogen-bond donors (Lipinski definition) is 1. The number of nitrogens with zero attached hydrogens (tertiary/aromatic N) is 1. The summed E-state index contributed by atoms with van der Waals surface area (Å²) in [6, 6.07) is 5.07. The van der Waals surface area contributed by atoms with E-state index in [-0.39, 0.29) is 11.2 Å². The average molecular weight is 261 g/mol. The van der Waals surface area contributed by atoms with Gasteiger partial charge in [-0.25, -0.2) is 0 Å². The lowest BCUT2D eigenvalue weighted by Gasteiger charge is -2.26. The van der Waals surface area contributed by atoms with E-state index in [4.69, 9.17) is 4.74 Å². The van der Waals surface area contributed by atoms with Crippen LogP contribution in [-0.4, -0.2) is 36.3 Å². The van der Waals surface area contributed by atoms with Crippen molar-refractivity contribution in [2.45, 2.75) is 13.5 Å². The van der Waals surface area contributed by atoms with E-state index in [1.807, 2.05) is 13.0 Å². The third kappa shape index (κ3) is 3.43. The highest BCUT2D eigenvalue weighted by atomic mass is 16.5. The fourth-order valence-corrected chi connectivity index (χ4v) is 2.08. The smallest absolute Gasteiger partial charge is 0.221 e. The van der Waals surface area contributed by atoms with Gasteiger partial charge in [-0.3, -0.25) is 9.69 Å². The molecule has 1 fully saturated rings. The van der Waals surface area contributed by atoms with Crippen molar-refractivity contribution in [1.82, 2.24) is 4.90 Å².